The summed E-state index contributed by atoms with van der Waals surface area (Å²) in [5.41, 5.74) is 1.07. The Balaban J connectivity index is 1.78. The molecular formula is C17H18FNO2. The zero-order valence-corrected chi connectivity index (χ0v) is 12.0. The minimum absolute atomic E-state index is 0.0322. The first kappa shape index (κ1) is 15.0. The lowest BCUT2D eigenvalue weighted by molar-refractivity contribution is -0.130. The first-order valence-electron chi connectivity index (χ1n) is 6.82. The van der Waals surface area contributed by atoms with E-state index in [9.17, 15) is 9.18 Å². The van der Waals surface area contributed by atoms with E-state index >= 15 is 0 Å². The van der Waals surface area contributed by atoms with Gasteiger partial charge in [-0.15, -0.1) is 0 Å². The molecule has 0 aromatic heterocycles. The van der Waals surface area contributed by atoms with Crippen LogP contribution in [0.1, 0.15) is 12.0 Å². The third kappa shape index (κ3) is 4.60. The van der Waals surface area contributed by atoms with Crippen molar-refractivity contribution in [3.05, 3.63) is 66.0 Å². The van der Waals surface area contributed by atoms with E-state index in [0.717, 1.165) is 5.56 Å². The maximum Gasteiger partial charge on any atom is 0.226 e. The molecule has 0 fully saturated rings. The van der Waals surface area contributed by atoms with Crippen LogP contribution < -0.4 is 4.74 Å². The molecule has 4 heteroatoms. The number of hydrogen-bond acceptors (Lipinski definition) is 2. The monoisotopic (exact) mass is 287 g/mol. The molecule has 0 heterocycles. The Bertz CT molecular complexity index is 586. The molecule has 0 aliphatic rings. The molecule has 110 valence electrons. The summed E-state index contributed by atoms with van der Waals surface area (Å²) in [5.74, 6) is -0.270. The molecule has 0 saturated carbocycles. The maximum atomic E-state index is 13.3. The van der Waals surface area contributed by atoms with Crippen LogP contribution in [0.4, 0.5) is 4.39 Å². The Kier molecular flexibility index (Phi) is 5.32. The fourth-order valence-corrected chi connectivity index (χ4v) is 1.95. The average molecular weight is 287 g/mol. The largest absolute Gasteiger partial charge is 0.490 e. The first-order valence-corrected chi connectivity index (χ1v) is 6.82. The number of hydrogen-bond donors (Lipinski definition) is 0. The smallest absolute Gasteiger partial charge is 0.226 e. The first-order chi connectivity index (χ1) is 10.2. The Hall–Kier alpha value is -2.36. The molecule has 2 aromatic carbocycles. The molecule has 0 unspecified atom stereocenters. The Labute approximate surface area is 124 Å². The highest BCUT2D eigenvalue weighted by Crippen LogP contribution is 2.15. The molecule has 0 radical (unpaired) electrons. The second-order valence-corrected chi connectivity index (χ2v) is 4.76. The summed E-state index contributed by atoms with van der Waals surface area (Å²) in [4.78, 5) is 13.6. The van der Waals surface area contributed by atoms with Crippen LogP contribution in [0.15, 0.2) is 54.6 Å². The van der Waals surface area contributed by atoms with Gasteiger partial charge in [-0.25, -0.2) is 4.39 Å². The second kappa shape index (κ2) is 7.43. The van der Waals surface area contributed by atoms with Gasteiger partial charge in [-0.3, -0.25) is 4.79 Å². The number of para-hydroxylation sites is 1. The van der Waals surface area contributed by atoms with E-state index in [4.69, 9.17) is 4.74 Å². The van der Waals surface area contributed by atoms with Crippen molar-refractivity contribution in [2.24, 2.45) is 0 Å². The minimum Gasteiger partial charge on any atom is -0.490 e. The van der Waals surface area contributed by atoms with Crippen LogP contribution in [0.25, 0.3) is 0 Å². The third-order valence-electron chi connectivity index (χ3n) is 3.10. The number of rotatable bonds is 6. The number of carbonyl (C=O) groups excluding carboxylic acids is 1. The number of halogens is 1. The van der Waals surface area contributed by atoms with Crippen molar-refractivity contribution in [1.82, 2.24) is 4.90 Å². The molecule has 0 bridgehead atoms. The normalized spacial score (nSPS) is 10.2. The van der Waals surface area contributed by atoms with E-state index in [1.54, 1.807) is 30.1 Å². The lowest BCUT2D eigenvalue weighted by Gasteiger charge is -2.17. The van der Waals surface area contributed by atoms with Crippen LogP contribution in [0.3, 0.4) is 0 Å². The lowest BCUT2D eigenvalue weighted by Crippen LogP contribution is -2.27. The van der Waals surface area contributed by atoms with E-state index in [0.29, 0.717) is 6.54 Å². The van der Waals surface area contributed by atoms with Crippen molar-refractivity contribution in [2.45, 2.75) is 13.0 Å². The van der Waals surface area contributed by atoms with Gasteiger partial charge in [0.1, 0.15) is 0 Å². The van der Waals surface area contributed by atoms with E-state index in [1.807, 2.05) is 30.3 Å². The van der Waals surface area contributed by atoms with Crippen LogP contribution in [-0.2, 0) is 11.3 Å². The SMILES string of the molecule is CN(Cc1ccccc1)C(=O)CCOc1ccccc1F. The zero-order valence-electron chi connectivity index (χ0n) is 12.0. The average Bonchev–Trinajstić information content (AvgIpc) is 2.50. The zero-order chi connectivity index (χ0) is 15.1. The summed E-state index contributed by atoms with van der Waals surface area (Å²) < 4.78 is 18.6. The molecular weight excluding hydrogens is 269 g/mol. The Morgan fingerprint density at radius 2 is 1.76 bits per heavy atom. The van der Waals surface area contributed by atoms with Crippen molar-refractivity contribution in [3.8, 4) is 5.75 Å². The van der Waals surface area contributed by atoms with E-state index in [1.165, 1.54) is 6.07 Å². The molecule has 0 N–H and O–H groups in total. The van der Waals surface area contributed by atoms with Gasteiger partial charge in [0.2, 0.25) is 5.91 Å². The molecule has 0 saturated heterocycles. The highest BCUT2D eigenvalue weighted by atomic mass is 19.1. The van der Waals surface area contributed by atoms with Crippen LogP contribution in [-0.4, -0.2) is 24.5 Å². The van der Waals surface area contributed by atoms with Crippen LogP contribution in [0.2, 0.25) is 0 Å². The molecule has 3 nitrogen and oxygen atoms in total. The quantitative estimate of drug-likeness (QED) is 0.816. The van der Waals surface area contributed by atoms with Gasteiger partial charge in [0.25, 0.3) is 0 Å². The van der Waals surface area contributed by atoms with Gasteiger partial charge in [-0.1, -0.05) is 42.5 Å². The summed E-state index contributed by atoms with van der Waals surface area (Å²) in [6, 6.07) is 15.9. The molecule has 2 aromatic rings. The number of nitrogens with zero attached hydrogens (tertiary/aromatic N) is 1. The molecule has 0 aliphatic heterocycles. The summed E-state index contributed by atoms with van der Waals surface area (Å²) >= 11 is 0. The predicted octanol–water partition coefficient (Wildman–Crippen LogP) is 3.25. The number of ether oxygens (including phenoxy) is 1. The third-order valence-corrected chi connectivity index (χ3v) is 3.10. The Morgan fingerprint density at radius 3 is 2.48 bits per heavy atom. The van der Waals surface area contributed by atoms with Gasteiger partial charge in [-0.05, 0) is 17.7 Å². The Morgan fingerprint density at radius 1 is 1.10 bits per heavy atom. The fourth-order valence-electron chi connectivity index (χ4n) is 1.95. The van der Waals surface area contributed by atoms with Gasteiger partial charge in [0.05, 0.1) is 13.0 Å². The lowest BCUT2D eigenvalue weighted by atomic mass is 10.2. The van der Waals surface area contributed by atoms with Gasteiger partial charge in [-0.2, -0.15) is 0 Å². The molecule has 21 heavy (non-hydrogen) atoms. The highest BCUT2D eigenvalue weighted by Gasteiger charge is 2.10. The molecule has 0 spiro atoms. The second-order valence-electron chi connectivity index (χ2n) is 4.76. The van der Waals surface area contributed by atoms with Gasteiger partial charge in [0, 0.05) is 13.6 Å². The number of amides is 1. The van der Waals surface area contributed by atoms with Gasteiger partial charge < -0.3 is 9.64 Å². The summed E-state index contributed by atoms with van der Waals surface area (Å²) in [5, 5.41) is 0. The number of benzene rings is 2. The van der Waals surface area contributed by atoms with E-state index in [2.05, 4.69) is 0 Å². The van der Waals surface area contributed by atoms with Gasteiger partial charge >= 0.3 is 0 Å². The standard InChI is InChI=1S/C17H18FNO2/c1-19(13-14-7-3-2-4-8-14)17(20)11-12-21-16-10-6-5-9-15(16)18/h2-10H,11-13H2,1H3. The highest BCUT2D eigenvalue weighted by molar-refractivity contribution is 5.76. The summed E-state index contributed by atoms with van der Waals surface area (Å²) in [6.45, 7) is 0.721. The van der Waals surface area contributed by atoms with Crippen molar-refractivity contribution >= 4 is 5.91 Å². The fraction of sp³-hybridized carbons (Fsp3) is 0.235. The van der Waals surface area contributed by atoms with Gasteiger partial charge in [0.15, 0.2) is 11.6 Å². The van der Waals surface area contributed by atoms with Crippen LogP contribution in [0.5, 0.6) is 5.75 Å². The summed E-state index contributed by atoms with van der Waals surface area (Å²) in [6.07, 6.45) is 0.220. The topological polar surface area (TPSA) is 29.5 Å². The molecule has 0 atom stereocenters. The van der Waals surface area contributed by atoms with Crippen LogP contribution >= 0.6 is 0 Å². The maximum absolute atomic E-state index is 13.3. The van der Waals surface area contributed by atoms with Crippen LogP contribution in [0, 0.1) is 5.82 Å². The summed E-state index contributed by atoms with van der Waals surface area (Å²) in [7, 11) is 1.75. The van der Waals surface area contributed by atoms with Crippen molar-refractivity contribution in [1.29, 1.82) is 0 Å². The molecule has 0 aliphatic carbocycles. The minimum atomic E-state index is -0.414. The molecule has 1 amide bonds. The molecule has 2 rings (SSSR count). The van der Waals surface area contributed by atoms with E-state index in [-0.39, 0.29) is 24.7 Å². The predicted molar refractivity (Wildman–Crippen MR) is 79.4 cm³/mol. The van der Waals surface area contributed by atoms with Crippen molar-refractivity contribution in [3.63, 3.8) is 0 Å². The number of carbonyl (C=O) groups is 1. The van der Waals surface area contributed by atoms with Crippen molar-refractivity contribution in [2.75, 3.05) is 13.7 Å². The van der Waals surface area contributed by atoms with Crippen molar-refractivity contribution < 1.29 is 13.9 Å². The van der Waals surface area contributed by atoms with E-state index < -0.39 is 5.82 Å².